The van der Waals surface area contributed by atoms with Gasteiger partial charge in [-0.2, -0.15) is 5.10 Å². The quantitative estimate of drug-likeness (QED) is 0.569. The Balaban J connectivity index is 2.86. The molecule has 0 aliphatic rings. The molecule has 0 N–H and O–H groups in total. The molecule has 47 valence electrons. The maximum atomic E-state index is 9.93. The molecule has 0 aromatic carbocycles. The number of nitrogens with zero attached hydrogens (tertiary/aromatic N) is 2. The highest BCUT2D eigenvalue weighted by molar-refractivity contribution is 5.71. The van der Waals surface area contributed by atoms with Crippen LogP contribution in [-0.4, -0.2) is 16.1 Å². The van der Waals surface area contributed by atoms with Gasteiger partial charge in [0.05, 0.1) is 0 Å². The van der Waals surface area contributed by atoms with Crippen LogP contribution in [-0.2, 0) is 11.3 Å². The Morgan fingerprint density at radius 3 is 3.00 bits per heavy atom. The number of aromatic nitrogens is 2. The number of rotatable bonds is 2. The summed E-state index contributed by atoms with van der Waals surface area (Å²) in [5.41, 5.74) is 0.372. The van der Waals surface area contributed by atoms with Crippen molar-refractivity contribution in [2.45, 2.75) is 13.5 Å². The molecule has 1 aromatic heterocycles. The fourth-order valence-corrected chi connectivity index (χ4v) is 0.592. The van der Waals surface area contributed by atoms with E-state index in [1.165, 1.54) is 0 Å². The first-order valence-electron chi connectivity index (χ1n) is 2.78. The highest BCUT2D eigenvalue weighted by atomic mass is 16.1. The summed E-state index contributed by atoms with van der Waals surface area (Å²) in [6, 6.07) is 1.64. The lowest BCUT2D eigenvalue weighted by Gasteiger charge is -1.88. The van der Waals surface area contributed by atoms with Crippen molar-refractivity contribution in [3.05, 3.63) is 18.0 Å². The van der Waals surface area contributed by atoms with Gasteiger partial charge in [-0.25, -0.2) is 0 Å². The first kappa shape index (κ1) is 6.01. The molecule has 3 heteroatoms. The third-order valence-electron chi connectivity index (χ3n) is 1.07. The lowest BCUT2D eigenvalue weighted by Crippen LogP contribution is -1.94. The van der Waals surface area contributed by atoms with Crippen molar-refractivity contribution >= 4 is 6.29 Å². The molecule has 0 atom stereocenters. The van der Waals surface area contributed by atoms with E-state index < -0.39 is 0 Å². The van der Waals surface area contributed by atoms with Crippen LogP contribution in [0.4, 0.5) is 0 Å². The van der Waals surface area contributed by atoms with Gasteiger partial charge in [0.1, 0.15) is 5.69 Å². The van der Waals surface area contributed by atoms with Crippen molar-refractivity contribution in [2.24, 2.45) is 0 Å². The summed E-state index contributed by atoms with van der Waals surface area (Å²) in [4.78, 5) is 9.93. The van der Waals surface area contributed by atoms with E-state index >= 15 is 0 Å². The molecule has 1 radical (unpaired) electrons. The highest BCUT2D eigenvalue weighted by Gasteiger charge is 1.93. The summed E-state index contributed by atoms with van der Waals surface area (Å²) in [5.74, 6) is 0. The van der Waals surface area contributed by atoms with E-state index in [2.05, 4.69) is 5.10 Å². The highest BCUT2D eigenvalue weighted by Crippen LogP contribution is 1.89. The van der Waals surface area contributed by atoms with Gasteiger partial charge in [-0.05, 0) is 13.0 Å². The minimum absolute atomic E-state index is 0.372. The fourth-order valence-electron chi connectivity index (χ4n) is 0.592. The molecule has 0 saturated carbocycles. The van der Waals surface area contributed by atoms with Crippen molar-refractivity contribution < 1.29 is 4.79 Å². The Morgan fingerprint density at radius 1 is 1.89 bits per heavy atom. The summed E-state index contributed by atoms with van der Waals surface area (Å²) >= 11 is 0. The predicted octanol–water partition coefficient (Wildman–Crippen LogP) is 0.361. The second kappa shape index (κ2) is 2.44. The van der Waals surface area contributed by atoms with Gasteiger partial charge in [0.15, 0.2) is 0 Å². The lowest BCUT2D eigenvalue weighted by atomic mass is 10.5. The van der Waals surface area contributed by atoms with Crippen LogP contribution in [0.2, 0.25) is 0 Å². The molecule has 0 amide bonds. The third-order valence-corrected chi connectivity index (χ3v) is 1.07. The first-order valence-corrected chi connectivity index (χ1v) is 2.78. The fraction of sp³-hybridized carbons (Fsp3) is 0.333. The van der Waals surface area contributed by atoms with E-state index in [4.69, 9.17) is 0 Å². The van der Waals surface area contributed by atoms with Crippen molar-refractivity contribution in [3.63, 3.8) is 0 Å². The van der Waals surface area contributed by atoms with E-state index in [0.717, 1.165) is 6.54 Å². The predicted molar refractivity (Wildman–Crippen MR) is 32.7 cm³/mol. The molecule has 1 rings (SSSR count). The normalized spacial score (nSPS) is 9.44. The van der Waals surface area contributed by atoms with Gasteiger partial charge in [0, 0.05) is 12.7 Å². The topological polar surface area (TPSA) is 34.9 Å². The molecular formula is C6H7N2O. The Kier molecular flexibility index (Phi) is 1.63. The minimum Gasteiger partial charge on any atom is -0.283 e. The summed E-state index contributed by atoms with van der Waals surface area (Å²) in [7, 11) is 0. The van der Waals surface area contributed by atoms with Crippen LogP contribution >= 0.6 is 0 Å². The van der Waals surface area contributed by atoms with Gasteiger partial charge < -0.3 is 0 Å². The van der Waals surface area contributed by atoms with E-state index in [0.29, 0.717) is 5.69 Å². The Labute approximate surface area is 53.3 Å². The van der Waals surface area contributed by atoms with Crippen LogP contribution in [0.3, 0.4) is 0 Å². The molecule has 0 saturated heterocycles. The zero-order chi connectivity index (χ0) is 6.69. The van der Waals surface area contributed by atoms with Crippen molar-refractivity contribution in [1.29, 1.82) is 0 Å². The van der Waals surface area contributed by atoms with Gasteiger partial charge in [-0.3, -0.25) is 9.48 Å². The molecule has 0 fully saturated rings. The minimum atomic E-state index is 0.372. The number of carbonyl (C=O) groups excluding carboxylic acids is 1. The van der Waals surface area contributed by atoms with Gasteiger partial charge in [-0.15, -0.1) is 0 Å². The van der Waals surface area contributed by atoms with Crippen LogP contribution in [0.1, 0.15) is 12.6 Å². The van der Waals surface area contributed by atoms with Gasteiger partial charge in [-0.1, -0.05) is 0 Å². The summed E-state index contributed by atoms with van der Waals surface area (Å²) in [5, 5.41) is 3.84. The second-order valence-corrected chi connectivity index (χ2v) is 1.66. The van der Waals surface area contributed by atoms with Crippen molar-refractivity contribution in [3.8, 4) is 0 Å². The molecule has 0 aliphatic carbocycles. The first-order chi connectivity index (χ1) is 4.36. The van der Waals surface area contributed by atoms with Gasteiger partial charge >= 0.3 is 0 Å². The zero-order valence-electron chi connectivity index (χ0n) is 5.16. The SMILES string of the molecule is CCn1ccc([C]=O)n1. The van der Waals surface area contributed by atoms with E-state index in [1.807, 2.05) is 6.92 Å². The molecular weight excluding hydrogens is 116 g/mol. The monoisotopic (exact) mass is 123 g/mol. The van der Waals surface area contributed by atoms with Crippen LogP contribution in [0.25, 0.3) is 0 Å². The van der Waals surface area contributed by atoms with Crippen LogP contribution in [0.15, 0.2) is 12.3 Å². The molecule has 0 bridgehead atoms. The maximum Gasteiger partial charge on any atom is 0.255 e. The molecule has 3 nitrogen and oxygen atoms in total. The van der Waals surface area contributed by atoms with Crippen LogP contribution in [0, 0.1) is 0 Å². The maximum absolute atomic E-state index is 9.93. The molecule has 1 heterocycles. The molecule has 0 unspecified atom stereocenters. The molecule has 0 aliphatic heterocycles. The van der Waals surface area contributed by atoms with Gasteiger partial charge in [0.25, 0.3) is 6.29 Å². The molecule has 1 aromatic rings. The average molecular weight is 123 g/mol. The molecule has 9 heavy (non-hydrogen) atoms. The van der Waals surface area contributed by atoms with Crippen molar-refractivity contribution in [2.75, 3.05) is 0 Å². The van der Waals surface area contributed by atoms with E-state index in [-0.39, 0.29) is 0 Å². The smallest absolute Gasteiger partial charge is 0.255 e. The molecule has 0 spiro atoms. The van der Waals surface area contributed by atoms with E-state index in [1.54, 1.807) is 23.2 Å². The largest absolute Gasteiger partial charge is 0.283 e. The van der Waals surface area contributed by atoms with E-state index in [9.17, 15) is 4.79 Å². The van der Waals surface area contributed by atoms with Gasteiger partial charge in [0.2, 0.25) is 0 Å². The van der Waals surface area contributed by atoms with Crippen LogP contribution < -0.4 is 0 Å². The summed E-state index contributed by atoms with van der Waals surface area (Å²) in [6.07, 6.45) is 3.45. The Hall–Kier alpha value is -1.12. The number of aryl methyl sites for hydroxylation is 1. The summed E-state index contributed by atoms with van der Waals surface area (Å²) < 4.78 is 1.68. The lowest BCUT2D eigenvalue weighted by molar-refractivity contribution is 0.559. The number of hydrogen-bond donors (Lipinski definition) is 0. The van der Waals surface area contributed by atoms with Crippen molar-refractivity contribution in [1.82, 2.24) is 9.78 Å². The third kappa shape index (κ3) is 1.16. The van der Waals surface area contributed by atoms with Crippen LogP contribution in [0.5, 0.6) is 0 Å². The standard InChI is InChI=1S/C6H7N2O/c1-2-8-4-3-6(5-9)7-8/h3-4H,2H2,1H3. The Morgan fingerprint density at radius 2 is 2.67 bits per heavy atom. The Bertz CT molecular complexity index is 205. The average Bonchev–Trinajstić information content (AvgIpc) is 2.34. The zero-order valence-corrected chi connectivity index (χ0v) is 5.16. The second-order valence-electron chi connectivity index (χ2n) is 1.66. The number of hydrogen-bond acceptors (Lipinski definition) is 2. The summed E-state index contributed by atoms with van der Waals surface area (Å²) in [6.45, 7) is 2.75.